The maximum absolute atomic E-state index is 9.86. The minimum atomic E-state index is -0.0897. The largest absolute Gasteiger partial charge is 0.392 e. The molecule has 0 radical (unpaired) electrons. The number of aliphatic hydroxyl groups is 1. The number of aliphatic hydroxyl groups excluding tert-OH is 1. The number of rotatable bonds is 0. The van der Waals surface area contributed by atoms with Gasteiger partial charge >= 0.3 is 0 Å². The summed E-state index contributed by atoms with van der Waals surface area (Å²) in [5.74, 6) is 0.880. The quantitative estimate of drug-likeness (QED) is 0.548. The van der Waals surface area contributed by atoms with Crippen molar-refractivity contribution in [1.82, 2.24) is 0 Å². The Labute approximate surface area is 74.5 Å². The number of hydrogen-bond acceptors (Lipinski definition) is 1. The van der Waals surface area contributed by atoms with E-state index in [1.165, 1.54) is 25.7 Å². The van der Waals surface area contributed by atoms with E-state index >= 15 is 0 Å². The van der Waals surface area contributed by atoms with Gasteiger partial charge < -0.3 is 5.11 Å². The van der Waals surface area contributed by atoms with E-state index in [-0.39, 0.29) is 6.10 Å². The van der Waals surface area contributed by atoms with E-state index in [0.717, 1.165) is 0 Å². The van der Waals surface area contributed by atoms with Crippen molar-refractivity contribution in [1.29, 1.82) is 0 Å². The fraction of sp³-hybridized carbons (Fsp3) is 0.818. The van der Waals surface area contributed by atoms with Gasteiger partial charge in [0.05, 0.1) is 6.10 Å². The van der Waals surface area contributed by atoms with Gasteiger partial charge in [0.1, 0.15) is 0 Å². The van der Waals surface area contributed by atoms with Gasteiger partial charge in [-0.2, -0.15) is 0 Å². The molecule has 2 aliphatic carbocycles. The van der Waals surface area contributed by atoms with Crippen LogP contribution in [0.5, 0.6) is 0 Å². The molecule has 68 valence electrons. The van der Waals surface area contributed by atoms with Gasteiger partial charge in [-0.05, 0) is 25.7 Å². The summed E-state index contributed by atoms with van der Waals surface area (Å²) in [5.41, 5.74) is 3.17. The van der Waals surface area contributed by atoms with Crippen LogP contribution in [0.15, 0.2) is 11.1 Å². The normalized spacial score (nSPS) is 37.2. The molecule has 1 heteroatoms. The highest BCUT2D eigenvalue weighted by atomic mass is 16.3. The molecule has 0 amide bonds. The molecular formula is C11H18O. The standard InChI is InChI=1S/C11H18O/c1-7-9-5-3-4-6-10(9)8(2)11(7)12/h7-8,11-12H,3-6H2,1-2H3/t7-,8-/m1/s1. The van der Waals surface area contributed by atoms with Crippen LogP contribution in [0, 0.1) is 11.8 Å². The lowest BCUT2D eigenvalue weighted by molar-refractivity contribution is 0.109. The van der Waals surface area contributed by atoms with Gasteiger partial charge in [0.25, 0.3) is 0 Å². The molecule has 2 atom stereocenters. The first-order valence-corrected chi connectivity index (χ1v) is 5.11. The van der Waals surface area contributed by atoms with Gasteiger partial charge in [-0.15, -0.1) is 0 Å². The SMILES string of the molecule is C[C@@H]1C2=C(CCCC2)[C@@H](C)C1O. The first-order chi connectivity index (χ1) is 5.72. The Balaban J connectivity index is 2.28. The molecule has 0 unspecified atom stereocenters. The molecule has 0 fully saturated rings. The summed E-state index contributed by atoms with van der Waals surface area (Å²) >= 11 is 0. The Kier molecular flexibility index (Phi) is 1.99. The first kappa shape index (κ1) is 8.31. The van der Waals surface area contributed by atoms with Crippen LogP contribution in [-0.4, -0.2) is 11.2 Å². The van der Waals surface area contributed by atoms with E-state index in [0.29, 0.717) is 11.8 Å². The van der Waals surface area contributed by atoms with Crippen molar-refractivity contribution in [3.05, 3.63) is 11.1 Å². The van der Waals surface area contributed by atoms with E-state index in [4.69, 9.17) is 0 Å². The van der Waals surface area contributed by atoms with Gasteiger partial charge in [0, 0.05) is 11.8 Å². The molecular weight excluding hydrogens is 148 g/mol. The highest BCUT2D eigenvalue weighted by Crippen LogP contribution is 2.44. The van der Waals surface area contributed by atoms with Gasteiger partial charge in [0.2, 0.25) is 0 Å². The predicted molar refractivity (Wildman–Crippen MR) is 49.8 cm³/mol. The van der Waals surface area contributed by atoms with E-state index in [2.05, 4.69) is 13.8 Å². The fourth-order valence-corrected chi connectivity index (χ4v) is 2.84. The molecule has 1 N–H and O–H groups in total. The highest BCUT2D eigenvalue weighted by molar-refractivity contribution is 5.29. The molecule has 0 spiro atoms. The Hall–Kier alpha value is -0.300. The van der Waals surface area contributed by atoms with Crippen molar-refractivity contribution < 1.29 is 5.11 Å². The molecule has 0 aromatic carbocycles. The Morgan fingerprint density at radius 1 is 1.00 bits per heavy atom. The Bertz CT molecular complexity index is 195. The number of hydrogen-bond donors (Lipinski definition) is 1. The molecule has 0 aromatic heterocycles. The summed E-state index contributed by atoms with van der Waals surface area (Å²) in [4.78, 5) is 0. The van der Waals surface area contributed by atoms with Crippen LogP contribution in [0.1, 0.15) is 39.5 Å². The second kappa shape index (κ2) is 2.88. The molecule has 0 saturated carbocycles. The predicted octanol–water partition coefficient (Wildman–Crippen LogP) is 2.50. The van der Waals surface area contributed by atoms with Crippen LogP contribution < -0.4 is 0 Å². The zero-order valence-electron chi connectivity index (χ0n) is 8.01. The molecule has 0 aliphatic heterocycles. The maximum atomic E-state index is 9.86. The van der Waals surface area contributed by atoms with Gasteiger partial charge in [0.15, 0.2) is 0 Å². The van der Waals surface area contributed by atoms with Crippen molar-refractivity contribution in [2.24, 2.45) is 11.8 Å². The molecule has 2 aliphatic rings. The van der Waals surface area contributed by atoms with Crippen molar-refractivity contribution in [2.45, 2.75) is 45.6 Å². The Morgan fingerprint density at radius 3 is 1.83 bits per heavy atom. The molecule has 0 heterocycles. The minimum Gasteiger partial charge on any atom is -0.392 e. The van der Waals surface area contributed by atoms with Crippen LogP contribution in [0.25, 0.3) is 0 Å². The van der Waals surface area contributed by atoms with Crippen LogP contribution in [0.3, 0.4) is 0 Å². The third-order valence-corrected chi connectivity index (χ3v) is 3.68. The summed E-state index contributed by atoms with van der Waals surface area (Å²) in [6, 6.07) is 0. The fourth-order valence-electron chi connectivity index (χ4n) is 2.84. The zero-order valence-corrected chi connectivity index (χ0v) is 8.01. The van der Waals surface area contributed by atoms with E-state index < -0.39 is 0 Å². The minimum absolute atomic E-state index is 0.0897. The molecule has 0 saturated heterocycles. The van der Waals surface area contributed by atoms with Gasteiger partial charge in [-0.1, -0.05) is 25.0 Å². The first-order valence-electron chi connectivity index (χ1n) is 5.11. The van der Waals surface area contributed by atoms with Gasteiger partial charge in [-0.3, -0.25) is 0 Å². The van der Waals surface area contributed by atoms with Crippen LogP contribution in [-0.2, 0) is 0 Å². The average molecular weight is 166 g/mol. The van der Waals surface area contributed by atoms with Crippen molar-refractivity contribution in [3.8, 4) is 0 Å². The summed E-state index contributed by atoms with van der Waals surface area (Å²) in [7, 11) is 0. The highest BCUT2D eigenvalue weighted by Gasteiger charge is 2.36. The lowest BCUT2D eigenvalue weighted by atomic mass is 9.89. The van der Waals surface area contributed by atoms with Gasteiger partial charge in [-0.25, -0.2) is 0 Å². The van der Waals surface area contributed by atoms with Crippen molar-refractivity contribution >= 4 is 0 Å². The monoisotopic (exact) mass is 166 g/mol. The molecule has 12 heavy (non-hydrogen) atoms. The molecule has 1 nitrogen and oxygen atoms in total. The van der Waals surface area contributed by atoms with Crippen LogP contribution in [0.2, 0.25) is 0 Å². The third-order valence-electron chi connectivity index (χ3n) is 3.68. The second-order valence-electron chi connectivity index (χ2n) is 4.33. The van der Waals surface area contributed by atoms with E-state index in [1.807, 2.05) is 0 Å². The summed E-state index contributed by atoms with van der Waals surface area (Å²) in [6.07, 6.45) is 5.08. The van der Waals surface area contributed by atoms with E-state index in [1.54, 1.807) is 11.1 Å². The topological polar surface area (TPSA) is 20.2 Å². The maximum Gasteiger partial charge on any atom is 0.0665 e. The van der Waals surface area contributed by atoms with Crippen molar-refractivity contribution in [3.63, 3.8) is 0 Å². The summed E-state index contributed by atoms with van der Waals surface area (Å²) in [6.45, 7) is 4.35. The van der Waals surface area contributed by atoms with Crippen LogP contribution >= 0.6 is 0 Å². The van der Waals surface area contributed by atoms with E-state index in [9.17, 15) is 5.11 Å². The zero-order chi connectivity index (χ0) is 8.72. The second-order valence-corrected chi connectivity index (χ2v) is 4.33. The van der Waals surface area contributed by atoms with Crippen molar-refractivity contribution in [2.75, 3.05) is 0 Å². The summed E-state index contributed by atoms with van der Waals surface area (Å²) in [5, 5.41) is 9.86. The Morgan fingerprint density at radius 2 is 1.42 bits per heavy atom. The summed E-state index contributed by atoms with van der Waals surface area (Å²) < 4.78 is 0. The molecule has 0 bridgehead atoms. The smallest absolute Gasteiger partial charge is 0.0665 e. The van der Waals surface area contributed by atoms with Crippen LogP contribution in [0.4, 0.5) is 0 Å². The average Bonchev–Trinajstić information content (AvgIpc) is 2.33. The lowest BCUT2D eigenvalue weighted by Gasteiger charge is -2.17. The molecule has 0 aromatic rings. The molecule has 2 rings (SSSR count). The lowest BCUT2D eigenvalue weighted by Crippen LogP contribution is -2.19. The third kappa shape index (κ3) is 1.03.